The van der Waals surface area contributed by atoms with Crippen LogP contribution >= 0.6 is 0 Å². The summed E-state index contributed by atoms with van der Waals surface area (Å²) < 4.78 is 0. The van der Waals surface area contributed by atoms with Gasteiger partial charge in [-0.25, -0.2) is 0 Å². The zero-order valence-electron chi connectivity index (χ0n) is 12.2. The number of rotatable bonds is 4. The molecule has 0 saturated carbocycles. The highest BCUT2D eigenvalue weighted by Crippen LogP contribution is 2.20. The number of nitrogens with zero attached hydrogens (tertiary/aromatic N) is 1. The Kier molecular flexibility index (Phi) is 4.59. The number of amides is 1. The molecule has 0 aromatic heterocycles. The summed E-state index contributed by atoms with van der Waals surface area (Å²) in [6.45, 7) is 7.06. The predicted molar refractivity (Wildman–Crippen MR) is 78.3 cm³/mol. The third-order valence-electron chi connectivity index (χ3n) is 3.76. The normalized spacial score (nSPS) is 14.3. The lowest BCUT2D eigenvalue weighted by Gasteiger charge is -2.23. The highest BCUT2D eigenvalue weighted by Gasteiger charge is 2.19. The molecule has 0 atom stereocenters. The molecular formula is C16H24N2O. The minimum absolute atomic E-state index is 0.166. The van der Waals surface area contributed by atoms with E-state index < -0.39 is 0 Å². The van der Waals surface area contributed by atoms with Gasteiger partial charge in [0.2, 0.25) is 0 Å². The molecule has 0 radical (unpaired) electrons. The molecule has 1 aliphatic heterocycles. The molecule has 2 rings (SSSR count). The average molecular weight is 260 g/mol. The SMILES string of the molecule is CC(C)CCN(C)C(=O)c1cccc2c1CCNC2. The first-order chi connectivity index (χ1) is 9.09. The van der Waals surface area contributed by atoms with Crippen LogP contribution in [0.15, 0.2) is 18.2 Å². The molecule has 0 bridgehead atoms. The Bertz CT molecular complexity index is 454. The van der Waals surface area contributed by atoms with Crippen molar-refractivity contribution in [2.75, 3.05) is 20.1 Å². The van der Waals surface area contributed by atoms with Gasteiger partial charge < -0.3 is 10.2 Å². The lowest BCUT2D eigenvalue weighted by molar-refractivity contribution is 0.0787. The Morgan fingerprint density at radius 1 is 1.42 bits per heavy atom. The van der Waals surface area contributed by atoms with Crippen molar-refractivity contribution in [2.45, 2.75) is 33.2 Å². The van der Waals surface area contributed by atoms with Gasteiger partial charge >= 0.3 is 0 Å². The number of fused-ring (bicyclic) bond motifs is 1. The third kappa shape index (κ3) is 3.35. The molecule has 1 aromatic rings. The number of carbonyl (C=O) groups is 1. The van der Waals surface area contributed by atoms with E-state index in [1.165, 1.54) is 11.1 Å². The third-order valence-corrected chi connectivity index (χ3v) is 3.76. The van der Waals surface area contributed by atoms with E-state index in [-0.39, 0.29) is 5.91 Å². The molecule has 19 heavy (non-hydrogen) atoms. The number of hydrogen-bond donors (Lipinski definition) is 1. The molecule has 0 spiro atoms. The zero-order chi connectivity index (χ0) is 13.8. The second-order valence-electron chi connectivity index (χ2n) is 5.78. The maximum Gasteiger partial charge on any atom is 0.253 e. The van der Waals surface area contributed by atoms with Gasteiger partial charge in [-0.2, -0.15) is 0 Å². The van der Waals surface area contributed by atoms with E-state index in [1.807, 2.05) is 24.1 Å². The van der Waals surface area contributed by atoms with E-state index in [0.717, 1.165) is 38.0 Å². The summed E-state index contributed by atoms with van der Waals surface area (Å²) in [5.41, 5.74) is 3.40. The molecule has 0 fully saturated rings. The summed E-state index contributed by atoms with van der Waals surface area (Å²) in [5, 5.41) is 3.35. The number of hydrogen-bond acceptors (Lipinski definition) is 2. The van der Waals surface area contributed by atoms with Crippen LogP contribution in [0.1, 0.15) is 41.8 Å². The number of carbonyl (C=O) groups excluding carboxylic acids is 1. The second-order valence-corrected chi connectivity index (χ2v) is 5.78. The minimum Gasteiger partial charge on any atom is -0.342 e. The molecule has 1 N–H and O–H groups in total. The average Bonchev–Trinajstić information content (AvgIpc) is 2.43. The van der Waals surface area contributed by atoms with Gasteiger partial charge in [0.05, 0.1) is 0 Å². The van der Waals surface area contributed by atoms with Crippen LogP contribution in [0.2, 0.25) is 0 Å². The van der Waals surface area contributed by atoms with Crippen molar-refractivity contribution in [3.05, 3.63) is 34.9 Å². The van der Waals surface area contributed by atoms with Crippen molar-refractivity contribution >= 4 is 5.91 Å². The summed E-state index contributed by atoms with van der Waals surface area (Å²) in [7, 11) is 1.91. The molecule has 1 aromatic carbocycles. The summed E-state index contributed by atoms with van der Waals surface area (Å²) in [6, 6.07) is 6.08. The van der Waals surface area contributed by atoms with Crippen molar-refractivity contribution in [2.24, 2.45) is 5.92 Å². The Hall–Kier alpha value is -1.35. The fourth-order valence-electron chi connectivity index (χ4n) is 2.49. The van der Waals surface area contributed by atoms with Crippen LogP contribution in [0.25, 0.3) is 0 Å². The Labute approximate surface area is 116 Å². The van der Waals surface area contributed by atoms with Gasteiger partial charge in [-0.3, -0.25) is 4.79 Å². The van der Waals surface area contributed by atoms with Crippen molar-refractivity contribution in [1.82, 2.24) is 10.2 Å². The predicted octanol–water partition coefficient (Wildman–Crippen LogP) is 2.45. The van der Waals surface area contributed by atoms with Crippen LogP contribution in [0.3, 0.4) is 0 Å². The largest absolute Gasteiger partial charge is 0.342 e. The maximum atomic E-state index is 12.5. The van der Waals surface area contributed by atoms with E-state index >= 15 is 0 Å². The van der Waals surface area contributed by atoms with Gasteiger partial charge in [0, 0.05) is 25.7 Å². The number of benzene rings is 1. The molecule has 3 heteroatoms. The van der Waals surface area contributed by atoms with E-state index in [9.17, 15) is 4.79 Å². The van der Waals surface area contributed by atoms with Gasteiger partial charge in [-0.1, -0.05) is 26.0 Å². The van der Waals surface area contributed by atoms with Gasteiger partial charge in [0.1, 0.15) is 0 Å². The lowest BCUT2D eigenvalue weighted by atomic mass is 9.95. The highest BCUT2D eigenvalue weighted by atomic mass is 16.2. The fraction of sp³-hybridized carbons (Fsp3) is 0.562. The van der Waals surface area contributed by atoms with E-state index in [4.69, 9.17) is 0 Å². The molecule has 1 amide bonds. The lowest BCUT2D eigenvalue weighted by Crippen LogP contribution is -2.32. The van der Waals surface area contributed by atoms with E-state index in [1.54, 1.807) is 0 Å². The van der Waals surface area contributed by atoms with Crippen molar-refractivity contribution < 1.29 is 4.79 Å². The topological polar surface area (TPSA) is 32.3 Å². The molecule has 0 saturated heterocycles. The summed E-state index contributed by atoms with van der Waals surface area (Å²) in [5.74, 6) is 0.795. The molecule has 3 nitrogen and oxygen atoms in total. The second kappa shape index (κ2) is 6.20. The van der Waals surface area contributed by atoms with Crippen LogP contribution in [-0.4, -0.2) is 30.9 Å². The summed E-state index contributed by atoms with van der Waals surface area (Å²) in [6.07, 6.45) is 2.01. The standard InChI is InChI=1S/C16H24N2O/c1-12(2)8-10-18(3)16(19)15-6-4-5-13-11-17-9-7-14(13)15/h4-6,12,17H,7-11H2,1-3H3. The zero-order valence-corrected chi connectivity index (χ0v) is 12.2. The molecular weight excluding hydrogens is 236 g/mol. The maximum absolute atomic E-state index is 12.5. The fourth-order valence-corrected chi connectivity index (χ4v) is 2.49. The van der Waals surface area contributed by atoms with Gasteiger partial charge in [0.15, 0.2) is 0 Å². The van der Waals surface area contributed by atoms with Gasteiger partial charge in [0.25, 0.3) is 5.91 Å². The van der Waals surface area contributed by atoms with Crippen LogP contribution < -0.4 is 5.32 Å². The first kappa shape index (κ1) is 14.1. The number of nitrogens with one attached hydrogen (secondary N) is 1. The molecule has 1 heterocycles. The minimum atomic E-state index is 0.166. The van der Waals surface area contributed by atoms with Crippen molar-refractivity contribution in [3.63, 3.8) is 0 Å². The van der Waals surface area contributed by atoms with Gasteiger partial charge in [-0.05, 0) is 42.5 Å². The first-order valence-electron chi connectivity index (χ1n) is 7.16. The van der Waals surface area contributed by atoms with Crippen LogP contribution in [-0.2, 0) is 13.0 Å². The van der Waals surface area contributed by atoms with Crippen molar-refractivity contribution in [3.8, 4) is 0 Å². The molecule has 0 aliphatic carbocycles. The van der Waals surface area contributed by atoms with Crippen LogP contribution in [0.5, 0.6) is 0 Å². The van der Waals surface area contributed by atoms with Crippen molar-refractivity contribution in [1.29, 1.82) is 0 Å². The van der Waals surface area contributed by atoms with E-state index in [2.05, 4.69) is 25.2 Å². The summed E-state index contributed by atoms with van der Waals surface area (Å²) >= 11 is 0. The molecule has 0 unspecified atom stereocenters. The Balaban J connectivity index is 2.15. The smallest absolute Gasteiger partial charge is 0.253 e. The highest BCUT2D eigenvalue weighted by molar-refractivity contribution is 5.96. The van der Waals surface area contributed by atoms with E-state index in [0.29, 0.717) is 5.92 Å². The van der Waals surface area contributed by atoms with Crippen LogP contribution in [0, 0.1) is 5.92 Å². The monoisotopic (exact) mass is 260 g/mol. The van der Waals surface area contributed by atoms with Crippen LogP contribution in [0.4, 0.5) is 0 Å². The Morgan fingerprint density at radius 3 is 2.95 bits per heavy atom. The van der Waals surface area contributed by atoms with Gasteiger partial charge in [-0.15, -0.1) is 0 Å². The first-order valence-corrected chi connectivity index (χ1v) is 7.16. The molecule has 1 aliphatic rings. The molecule has 104 valence electrons. The summed E-state index contributed by atoms with van der Waals surface area (Å²) in [4.78, 5) is 14.4. The Morgan fingerprint density at radius 2 is 2.21 bits per heavy atom. The quantitative estimate of drug-likeness (QED) is 0.902.